The minimum Gasteiger partial charge on any atom is -0.508 e. The van der Waals surface area contributed by atoms with E-state index in [1.54, 1.807) is 24.3 Å². The molecule has 204 valence electrons. The number of nitrogens with zero attached hydrogens (tertiary/aromatic N) is 1. The lowest BCUT2D eigenvalue weighted by atomic mass is 9.59. The van der Waals surface area contributed by atoms with E-state index in [9.17, 15) is 24.3 Å². The van der Waals surface area contributed by atoms with Crippen molar-refractivity contribution >= 4 is 56.6 Å². The van der Waals surface area contributed by atoms with E-state index in [0.717, 1.165) is 5.57 Å². The third-order valence-electron chi connectivity index (χ3n) is 8.23. The zero-order valence-electron chi connectivity index (χ0n) is 21.4. The highest BCUT2D eigenvalue weighted by atomic mass is 79.9. The largest absolute Gasteiger partial charge is 0.508 e. The number of amides is 2. The summed E-state index contributed by atoms with van der Waals surface area (Å²) in [6.45, 7) is 0. The number of anilines is 1. The molecule has 1 heterocycles. The van der Waals surface area contributed by atoms with E-state index in [4.69, 9.17) is 21.1 Å². The van der Waals surface area contributed by atoms with Gasteiger partial charge >= 0.3 is 0 Å². The first-order valence-corrected chi connectivity index (χ1v) is 13.8. The fraction of sp³-hybridized carbons (Fsp3) is 0.267. The van der Waals surface area contributed by atoms with Crippen molar-refractivity contribution in [1.29, 1.82) is 0 Å². The molecule has 40 heavy (non-hydrogen) atoms. The molecule has 10 heteroatoms. The number of fused-ring (bicyclic) bond motifs is 3. The molecule has 1 saturated heterocycles. The molecule has 2 aromatic carbocycles. The van der Waals surface area contributed by atoms with Gasteiger partial charge < -0.3 is 14.6 Å². The average Bonchev–Trinajstić information content (AvgIpc) is 3.20. The molecule has 0 saturated carbocycles. The van der Waals surface area contributed by atoms with E-state index in [1.807, 2.05) is 6.08 Å². The minimum absolute atomic E-state index is 0.0967. The maximum atomic E-state index is 14.0. The number of carbonyl (C=O) groups is 4. The van der Waals surface area contributed by atoms with Crippen LogP contribution in [0.15, 0.2) is 69.8 Å². The molecule has 2 aromatic rings. The van der Waals surface area contributed by atoms with Gasteiger partial charge in [0.05, 0.1) is 36.2 Å². The van der Waals surface area contributed by atoms with Crippen molar-refractivity contribution in [2.24, 2.45) is 17.8 Å². The number of phenols is 1. The van der Waals surface area contributed by atoms with Gasteiger partial charge in [-0.15, -0.1) is 0 Å². The molecule has 0 radical (unpaired) electrons. The Bertz CT molecular complexity index is 1580. The summed E-state index contributed by atoms with van der Waals surface area (Å²) in [4.78, 5) is 55.7. The summed E-state index contributed by atoms with van der Waals surface area (Å²) < 4.78 is 11.4. The highest BCUT2D eigenvalue weighted by Crippen LogP contribution is 2.58. The molecule has 4 aliphatic rings. The number of Topliss-reactive ketones (excluding diaryl/α,β-unsaturated/α-hetero) is 1. The molecular weight excluding hydrogens is 602 g/mol. The standard InChI is InChI=1S/C30H23BrClNO7/c1-39-22-9-15(34)10-23(40-2)27(22)26-16-7-8-17-24(18(16)11-19-25(26)21(35)12-20(31)28(19)36)30(38)33(29(17)37)14-5-3-13(32)4-6-14/h3-7,9-10,12,17-18,24,26,34H,8,11H2,1-2H3. The zero-order valence-corrected chi connectivity index (χ0v) is 23.8. The van der Waals surface area contributed by atoms with Gasteiger partial charge in [-0.3, -0.25) is 24.1 Å². The van der Waals surface area contributed by atoms with Gasteiger partial charge in [-0.25, -0.2) is 0 Å². The molecule has 4 atom stereocenters. The minimum atomic E-state index is -0.791. The number of phenolic OH excluding ortho intramolecular Hbond substituents is 1. The molecule has 1 N–H and O–H groups in total. The van der Waals surface area contributed by atoms with Crippen LogP contribution in [0.3, 0.4) is 0 Å². The maximum Gasteiger partial charge on any atom is 0.238 e. The summed E-state index contributed by atoms with van der Waals surface area (Å²) in [6, 6.07) is 9.34. The molecule has 3 aliphatic carbocycles. The van der Waals surface area contributed by atoms with Crippen LogP contribution in [-0.4, -0.2) is 42.7 Å². The summed E-state index contributed by atoms with van der Waals surface area (Å²) >= 11 is 9.26. The van der Waals surface area contributed by atoms with Crippen LogP contribution in [-0.2, 0) is 19.2 Å². The third kappa shape index (κ3) is 3.86. The Morgan fingerprint density at radius 2 is 1.62 bits per heavy atom. The highest BCUT2D eigenvalue weighted by molar-refractivity contribution is 9.12. The predicted octanol–water partition coefficient (Wildman–Crippen LogP) is 5.03. The Balaban J connectivity index is 1.54. The molecule has 6 rings (SSSR count). The van der Waals surface area contributed by atoms with Crippen molar-refractivity contribution < 1.29 is 33.8 Å². The monoisotopic (exact) mass is 623 g/mol. The maximum absolute atomic E-state index is 14.0. The molecule has 1 aliphatic heterocycles. The molecule has 0 aromatic heterocycles. The first-order chi connectivity index (χ1) is 19.2. The Morgan fingerprint density at radius 3 is 2.25 bits per heavy atom. The first kappa shape index (κ1) is 26.5. The predicted molar refractivity (Wildman–Crippen MR) is 150 cm³/mol. The summed E-state index contributed by atoms with van der Waals surface area (Å²) in [7, 11) is 2.87. The Hall–Kier alpha value is -3.69. The van der Waals surface area contributed by atoms with Crippen molar-refractivity contribution in [1.82, 2.24) is 0 Å². The molecule has 4 unspecified atom stereocenters. The van der Waals surface area contributed by atoms with Crippen LogP contribution in [0.2, 0.25) is 5.02 Å². The number of allylic oxidation sites excluding steroid dienone is 6. The number of halogens is 2. The first-order valence-electron chi connectivity index (χ1n) is 12.6. The van der Waals surface area contributed by atoms with Crippen molar-refractivity contribution in [3.05, 3.63) is 80.3 Å². The van der Waals surface area contributed by atoms with Gasteiger partial charge in [0.25, 0.3) is 0 Å². The van der Waals surface area contributed by atoms with Crippen LogP contribution in [0.4, 0.5) is 5.69 Å². The number of benzene rings is 2. The van der Waals surface area contributed by atoms with Gasteiger partial charge in [0.15, 0.2) is 11.6 Å². The smallest absolute Gasteiger partial charge is 0.238 e. The van der Waals surface area contributed by atoms with Gasteiger partial charge in [0.2, 0.25) is 11.8 Å². The fourth-order valence-electron chi connectivity index (χ4n) is 6.59. The fourth-order valence-corrected chi connectivity index (χ4v) is 7.17. The molecule has 0 bridgehead atoms. The molecular formula is C30H23BrClNO7. The Kier molecular flexibility index (Phi) is 6.46. The number of ketones is 2. The molecule has 0 spiro atoms. The highest BCUT2D eigenvalue weighted by Gasteiger charge is 2.57. The number of hydrogen-bond acceptors (Lipinski definition) is 7. The van der Waals surface area contributed by atoms with Crippen LogP contribution in [0.5, 0.6) is 17.2 Å². The molecule has 2 amide bonds. The van der Waals surface area contributed by atoms with Crippen molar-refractivity contribution in [3.8, 4) is 17.2 Å². The van der Waals surface area contributed by atoms with Crippen LogP contribution in [0.25, 0.3) is 0 Å². The molecule has 8 nitrogen and oxygen atoms in total. The second-order valence-corrected chi connectivity index (χ2v) is 11.4. The summed E-state index contributed by atoms with van der Waals surface area (Å²) in [6.07, 6.45) is 3.58. The van der Waals surface area contributed by atoms with E-state index < -0.39 is 23.7 Å². The van der Waals surface area contributed by atoms with E-state index in [-0.39, 0.29) is 69.1 Å². The van der Waals surface area contributed by atoms with Crippen LogP contribution in [0, 0.1) is 17.8 Å². The number of hydrogen-bond donors (Lipinski definition) is 1. The van der Waals surface area contributed by atoms with Crippen molar-refractivity contribution in [3.63, 3.8) is 0 Å². The third-order valence-corrected chi connectivity index (χ3v) is 9.07. The molecule has 1 fully saturated rings. The van der Waals surface area contributed by atoms with Gasteiger partial charge in [-0.1, -0.05) is 23.3 Å². The van der Waals surface area contributed by atoms with Gasteiger partial charge in [-0.2, -0.15) is 0 Å². The SMILES string of the molecule is COc1cc(O)cc(OC)c1C1C2=CCC3C(=O)N(c4ccc(Cl)cc4)C(=O)C3C2CC2=C1C(=O)C=C(Br)C2=O. The number of imide groups is 1. The topological polar surface area (TPSA) is 110 Å². The normalized spacial score (nSPS) is 25.8. The zero-order chi connectivity index (χ0) is 28.5. The average molecular weight is 625 g/mol. The van der Waals surface area contributed by atoms with Crippen LogP contribution in [0.1, 0.15) is 24.3 Å². The summed E-state index contributed by atoms with van der Waals surface area (Å²) in [5.41, 5.74) is 2.20. The number of ether oxygens (including phenoxy) is 2. The summed E-state index contributed by atoms with van der Waals surface area (Å²) in [5.74, 6) is -3.59. The Morgan fingerprint density at radius 1 is 0.975 bits per heavy atom. The van der Waals surface area contributed by atoms with E-state index in [2.05, 4.69) is 15.9 Å². The van der Waals surface area contributed by atoms with Gasteiger partial charge in [-0.05, 0) is 59.0 Å². The second kappa shape index (κ2) is 9.74. The number of carbonyl (C=O) groups excluding carboxylic acids is 4. The lowest BCUT2D eigenvalue weighted by Gasteiger charge is -2.42. The van der Waals surface area contributed by atoms with Crippen LogP contribution >= 0.6 is 27.5 Å². The van der Waals surface area contributed by atoms with Crippen molar-refractivity contribution in [2.45, 2.75) is 18.8 Å². The lowest BCUT2D eigenvalue weighted by Crippen LogP contribution is -2.39. The number of aromatic hydroxyl groups is 1. The van der Waals surface area contributed by atoms with E-state index in [0.29, 0.717) is 16.3 Å². The van der Waals surface area contributed by atoms with Gasteiger partial charge in [0, 0.05) is 45.9 Å². The van der Waals surface area contributed by atoms with Crippen molar-refractivity contribution in [2.75, 3.05) is 19.1 Å². The van der Waals surface area contributed by atoms with E-state index in [1.165, 1.54) is 37.3 Å². The lowest BCUT2D eigenvalue weighted by molar-refractivity contribution is -0.123. The van der Waals surface area contributed by atoms with Crippen LogP contribution < -0.4 is 14.4 Å². The number of rotatable bonds is 4. The quantitative estimate of drug-likeness (QED) is 0.289. The van der Waals surface area contributed by atoms with E-state index >= 15 is 0 Å². The second-order valence-electron chi connectivity index (χ2n) is 10.1. The summed E-state index contributed by atoms with van der Waals surface area (Å²) in [5, 5.41) is 10.8. The Labute approximate surface area is 243 Å². The number of methoxy groups -OCH3 is 2. The van der Waals surface area contributed by atoms with Gasteiger partial charge in [0.1, 0.15) is 17.2 Å².